The van der Waals surface area contributed by atoms with Gasteiger partial charge in [0.15, 0.2) is 0 Å². The molecule has 0 fully saturated rings. The number of nitrogens with zero attached hydrogens (tertiary/aromatic N) is 1. The van der Waals surface area contributed by atoms with Gasteiger partial charge in [-0.05, 0) is 82.9 Å². The summed E-state index contributed by atoms with van der Waals surface area (Å²) < 4.78 is 16.2. The minimum Gasteiger partial charge on any atom is -0.456 e. The van der Waals surface area contributed by atoms with Gasteiger partial charge in [0.2, 0.25) is 0 Å². The highest BCUT2D eigenvalue weighted by atomic mass is 16.5. The van der Waals surface area contributed by atoms with Crippen LogP contribution in [0, 0.1) is 0 Å². The molecule has 51 heavy (non-hydrogen) atoms. The molecule has 9 aromatic rings. The second-order valence-electron chi connectivity index (χ2n) is 12.9. The standard InChI is InChI=1S/C48H31NO2/c1-3-13-32(14-4-1)35-24-27-41-42-29-33(34-23-26-38-37-17-7-10-20-43(37)49(44(38)30-34)36-15-5-2-6-16-36)25-28-47(42)50-45-21-11-8-18-39(45)40-19-9-12-22-46(40)51-48(41)31-35/h1-31H. The fourth-order valence-corrected chi connectivity index (χ4v) is 7.45. The molecule has 1 aromatic heterocycles. The van der Waals surface area contributed by atoms with Gasteiger partial charge in [-0.15, -0.1) is 0 Å². The van der Waals surface area contributed by atoms with Crippen LogP contribution in [0.1, 0.15) is 0 Å². The number of aromatic nitrogens is 1. The molecule has 1 aliphatic rings. The van der Waals surface area contributed by atoms with Crippen LogP contribution in [0.3, 0.4) is 0 Å². The molecule has 8 aromatic carbocycles. The highest BCUT2D eigenvalue weighted by Gasteiger charge is 2.22. The lowest BCUT2D eigenvalue weighted by atomic mass is 9.94. The van der Waals surface area contributed by atoms with Gasteiger partial charge in [-0.1, -0.05) is 127 Å². The lowest BCUT2D eigenvalue weighted by Gasteiger charge is -2.22. The highest BCUT2D eigenvalue weighted by molar-refractivity contribution is 6.10. The maximum atomic E-state index is 6.94. The van der Waals surface area contributed by atoms with E-state index in [9.17, 15) is 0 Å². The smallest absolute Gasteiger partial charge is 0.136 e. The van der Waals surface area contributed by atoms with Crippen LogP contribution in [0.2, 0.25) is 0 Å². The molecule has 0 radical (unpaired) electrons. The fourth-order valence-electron chi connectivity index (χ4n) is 7.45. The van der Waals surface area contributed by atoms with E-state index < -0.39 is 0 Å². The Kier molecular flexibility index (Phi) is 6.81. The third-order valence-electron chi connectivity index (χ3n) is 9.88. The van der Waals surface area contributed by atoms with E-state index >= 15 is 0 Å². The normalized spacial score (nSPS) is 11.8. The summed E-state index contributed by atoms with van der Waals surface area (Å²) in [6.07, 6.45) is 0. The zero-order valence-electron chi connectivity index (χ0n) is 27.7. The number of ether oxygens (including phenoxy) is 2. The number of benzene rings is 8. The third-order valence-corrected chi connectivity index (χ3v) is 9.88. The second-order valence-corrected chi connectivity index (χ2v) is 12.9. The first-order chi connectivity index (χ1) is 25.3. The van der Waals surface area contributed by atoms with Crippen molar-refractivity contribution in [1.29, 1.82) is 0 Å². The summed E-state index contributed by atoms with van der Waals surface area (Å²) in [5.41, 5.74) is 11.8. The van der Waals surface area contributed by atoms with Crippen LogP contribution in [0.4, 0.5) is 0 Å². The molecule has 0 saturated carbocycles. The predicted molar refractivity (Wildman–Crippen MR) is 209 cm³/mol. The van der Waals surface area contributed by atoms with Crippen molar-refractivity contribution in [3.63, 3.8) is 0 Å². The van der Waals surface area contributed by atoms with Gasteiger partial charge in [0.05, 0.1) is 11.0 Å². The minimum atomic E-state index is 0.766. The second kappa shape index (κ2) is 11.9. The third kappa shape index (κ3) is 4.98. The molecule has 2 heterocycles. The molecule has 0 spiro atoms. The molecule has 0 N–H and O–H groups in total. The van der Waals surface area contributed by atoms with Gasteiger partial charge in [0.25, 0.3) is 0 Å². The van der Waals surface area contributed by atoms with Crippen LogP contribution in [-0.2, 0) is 0 Å². The molecule has 3 heteroatoms. The maximum absolute atomic E-state index is 6.94. The lowest BCUT2D eigenvalue weighted by molar-refractivity contribution is 0.472. The van der Waals surface area contributed by atoms with Crippen LogP contribution < -0.4 is 9.47 Å². The van der Waals surface area contributed by atoms with Crippen molar-refractivity contribution in [2.45, 2.75) is 0 Å². The molecule has 0 amide bonds. The van der Waals surface area contributed by atoms with Crippen molar-refractivity contribution in [3.8, 4) is 73.2 Å². The van der Waals surface area contributed by atoms with Crippen LogP contribution >= 0.6 is 0 Å². The van der Waals surface area contributed by atoms with Crippen molar-refractivity contribution in [3.05, 3.63) is 188 Å². The SMILES string of the molecule is c1ccc(-c2ccc3c(c2)Oc2ccccc2-c2ccccc2Oc2ccc(-c4ccc5c6ccccc6n(-c6ccccc6)c5c4)cc2-3)cc1. The summed E-state index contributed by atoms with van der Waals surface area (Å²) in [7, 11) is 0. The minimum absolute atomic E-state index is 0.766. The lowest BCUT2D eigenvalue weighted by Crippen LogP contribution is -1.98. The molecule has 0 saturated heterocycles. The molecule has 0 bridgehead atoms. The zero-order valence-corrected chi connectivity index (χ0v) is 27.7. The molecule has 0 atom stereocenters. The quantitative estimate of drug-likeness (QED) is 0.189. The first kappa shape index (κ1) is 29.1. The molecule has 3 nitrogen and oxygen atoms in total. The molecule has 0 unspecified atom stereocenters. The Bertz CT molecular complexity index is 2740. The van der Waals surface area contributed by atoms with Gasteiger partial charge in [0, 0.05) is 38.7 Å². The van der Waals surface area contributed by atoms with Crippen molar-refractivity contribution in [2.24, 2.45) is 0 Å². The molecule has 1 aliphatic heterocycles. The Labute approximate surface area is 296 Å². The molecule has 240 valence electrons. The number of fused-ring (bicyclic) bond motifs is 9. The topological polar surface area (TPSA) is 23.4 Å². The average Bonchev–Trinajstić information content (AvgIpc) is 3.53. The van der Waals surface area contributed by atoms with E-state index in [1.165, 1.54) is 16.3 Å². The molecular formula is C48H31NO2. The maximum Gasteiger partial charge on any atom is 0.136 e. The summed E-state index contributed by atoms with van der Waals surface area (Å²) in [6.45, 7) is 0. The van der Waals surface area contributed by atoms with E-state index in [0.717, 1.165) is 78.7 Å². The Balaban J connectivity index is 1.20. The van der Waals surface area contributed by atoms with Gasteiger partial charge in [-0.25, -0.2) is 0 Å². The molecular weight excluding hydrogens is 623 g/mol. The number of hydrogen-bond acceptors (Lipinski definition) is 2. The van der Waals surface area contributed by atoms with Crippen LogP contribution in [0.15, 0.2) is 188 Å². The van der Waals surface area contributed by atoms with Gasteiger partial charge in [0.1, 0.15) is 23.0 Å². The van der Waals surface area contributed by atoms with Crippen molar-refractivity contribution in [1.82, 2.24) is 4.57 Å². The zero-order chi connectivity index (χ0) is 33.7. The Hall–Kier alpha value is -6.84. The van der Waals surface area contributed by atoms with E-state index in [0.29, 0.717) is 0 Å². The summed E-state index contributed by atoms with van der Waals surface area (Å²) in [5, 5.41) is 2.46. The number of rotatable bonds is 3. The average molecular weight is 654 g/mol. The molecule has 10 rings (SSSR count). The van der Waals surface area contributed by atoms with Crippen molar-refractivity contribution >= 4 is 21.8 Å². The number of para-hydroxylation sites is 4. The summed E-state index contributed by atoms with van der Waals surface area (Å²) >= 11 is 0. The van der Waals surface area contributed by atoms with E-state index in [-0.39, 0.29) is 0 Å². The van der Waals surface area contributed by atoms with E-state index in [4.69, 9.17) is 9.47 Å². The number of hydrogen-bond donors (Lipinski definition) is 0. The predicted octanol–water partition coefficient (Wildman–Crippen LogP) is 13.3. The van der Waals surface area contributed by atoms with Crippen LogP contribution in [0.5, 0.6) is 23.0 Å². The highest BCUT2D eigenvalue weighted by Crippen LogP contribution is 2.48. The first-order valence-electron chi connectivity index (χ1n) is 17.3. The van der Waals surface area contributed by atoms with Gasteiger partial charge >= 0.3 is 0 Å². The summed E-state index contributed by atoms with van der Waals surface area (Å²) in [4.78, 5) is 0. The van der Waals surface area contributed by atoms with E-state index in [2.05, 4.69) is 150 Å². The Morgan fingerprint density at radius 2 is 0.824 bits per heavy atom. The van der Waals surface area contributed by atoms with Gasteiger partial charge < -0.3 is 14.0 Å². The van der Waals surface area contributed by atoms with Gasteiger partial charge in [-0.2, -0.15) is 0 Å². The van der Waals surface area contributed by atoms with Crippen molar-refractivity contribution < 1.29 is 9.47 Å². The fraction of sp³-hybridized carbons (Fsp3) is 0. The Morgan fingerprint density at radius 1 is 0.294 bits per heavy atom. The summed E-state index contributed by atoms with van der Waals surface area (Å²) in [6, 6.07) is 65.8. The molecule has 0 aliphatic carbocycles. The van der Waals surface area contributed by atoms with E-state index in [1.807, 2.05) is 42.5 Å². The monoisotopic (exact) mass is 653 g/mol. The Morgan fingerprint density at radius 3 is 1.61 bits per heavy atom. The largest absolute Gasteiger partial charge is 0.456 e. The first-order valence-corrected chi connectivity index (χ1v) is 17.3. The van der Waals surface area contributed by atoms with Gasteiger partial charge in [-0.3, -0.25) is 0 Å². The summed E-state index contributed by atoms with van der Waals surface area (Å²) in [5.74, 6) is 3.09. The van der Waals surface area contributed by atoms with E-state index in [1.54, 1.807) is 0 Å². The van der Waals surface area contributed by atoms with Crippen molar-refractivity contribution in [2.75, 3.05) is 0 Å². The van der Waals surface area contributed by atoms with Crippen LogP contribution in [0.25, 0.3) is 72.0 Å². The van der Waals surface area contributed by atoms with Crippen LogP contribution in [-0.4, -0.2) is 4.57 Å².